The van der Waals surface area contributed by atoms with E-state index in [9.17, 15) is 48.3 Å². The number of amides is 9. The fourth-order valence-electron chi connectivity index (χ4n) is 18.0. The molecule has 0 radical (unpaired) electrons. The number of methoxy groups -OCH3 is 2. The van der Waals surface area contributed by atoms with Gasteiger partial charge in [0.25, 0.3) is 5.56 Å². The molecule has 3 aliphatic heterocycles. The molecule has 2 aliphatic carbocycles. The Labute approximate surface area is 850 Å². The summed E-state index contributed by atoms with van der Waals surface area (Å²) in [7, 11) is 4.83. The number of unbranched alkanes of at least 4 members (excludes halogenated alkanes) is 1. The number of piperidine rings is 2. The molecule has 3 atom stereocenters. The molecule has 4 fully saturated rings. The van der Waals surface area contributed by atoms with Crippen molar-refractivity contribution in [3.8, 4) is 39.8 Å². The van der Waals surface area contributed by atoms with Crippen molar-refractivity contribution in [3.63, 3.8) is 0 Å². The molecular formula is C106H141N15O25. The number of nitrogens with zero attached hydrogens (tertiary/aromatic N) is 7. The first-order valence-corrected chi connectivity index (χ1v) is 50.5. The van der Waals surface area contributed by atoms with E-state index in [2.05, 4.69) is 71.5 Å². The van der Waals surface area contributed by atoms with Gasteiger partial charge in [0.15, 0.2) is 5.60 Å². The zero-order valence-electron chi connectivity index (χ0n) is 84.1. The molecule has 0 unspecified atom stereocenters. The third kappa shape index (κ3) is 33.0. The van der Waals surface area contributed by atoms with Crippen LogP contribution in [0.25, 0.3) is 44.1 Å². The van der Waals surface area contributed by atoms with Gasteiger partial charge in [0.2, 0.25) is 41.4 Å². The molecule has 5 aliphatic rings. The normalized spacial score (nSPS) is 15.7. The molecule has 9 amide bonds. The van der Waals surface area contributed by atoms with Crippen LogP contribution in [0.3, 0.4) is 0 Å². The number of urea groups is 1. The summed E-state index contributed by atoms with van der Waals surface area (Å²) < 4.78 is 85.7. The first kappa shape index (κ1) is 111. The van der Waals surface area contributed by atoms with Gasteiger partial charge in [0.05, 0.1) is 208 Å². The molecule has 5 aromatic carbocycles. The molecule has 13 rings (SSSR count). The van der Waals surface area contributed by atoms with Gasteiger partial charge in [-0.1, -0.05) is 96.8 Å². The van der Waals surface area contributed by atoms with E-state index in [1.54, 1.807) is 43.1 Å². The number of H-pyrrole nitrogens is 1. The van der Waals surface area contributed by atoms with Gasteiger partial charge in [-0.25, -0.2) is 24.5 Å². The summed E-state index contributed by atoms with van der Waals surface area (Å²) >= 11 is 0. The minimum Gasteiger partial charge on any atom is -0.495 e. The third-order valence-corrected chi connectivity index (χ3v) is 26.1. The predicted molar refractivity (Wildman–Crippen MR) is 543 cm³/mol. The number of primary amides is 1. The van der Waals surface area contributed by atoms with Crippen LogP contribution in [-0.4, -0.2) is 350 Å². The van der Waals surface area contributed by atoms with Gasteiger partial charge in [-0.15, -0.1) is 0 Å². The number of hydrogen-bond acceptors (Lipinski definition) is 30. The van der Waals surface area contributed by atoms with Crippen LogP contribution in [0.5, 0.6) is 5.75 Å². The van der Waals surface area contributed by atoms with Gasteiger partial charge in [-0.05, 0) is 134 Å². The maximum atomic E-state index is 14.3. The van der Waals surface area contributed by atoms with Crippen molar-refractivity contribution in [1.82, 2.24) is 61.2 Å². The molecule has 10 N–H and O–H groups in total. The number of imide groups is 1. The third-order valence-electron chi connectivity index (χ3n) is 26.1. The molecule has 0 bridgehead atoms. The van der Waals surface area contributed by atoms with Gasteiger partial charge >= 0.3 is 12.1 Å². The number of aromatic nitrogens is 4. The summed E-state index contributed by atoms with van der Waals surface area (Å²) in [6.45, 7) is 14.0. The van der Waals surface area contributed by atoms with Crippen LogP contribution in [0.15, 0.2) is 139 Å². The Morgan fingerprint density at radius 2 is 1.19 bits per heavy atom. The Morgan fingerprint density at radius 3 is 1.77 bits per heavy atom. The van der Waals surface area contributed by atoms with Crippen molar-refractivity contribution in [3.05, 3.63) is 172 Å². The average Bonchev–Trinajstić information content (AvgIpc) is 1.08. The second-order valence-electron chi connectivity index (χ2n) is 36.4. The lowest BCUT2D eigenvalue weighted by Crippen LogP contribution is -2.57. The fraction of sp³-hybridized carbons (Fsp3) is 0.538. The molecule has 3 saturated heterocycles. The maximum absolute atomic E-state index is 14.3. The quantitative estimate of drug-likeness (QED) is 0.0145. The number of pyridine rings is 1. The van der Waals surface area contributed by atoms with Crippen LogP contribution in [0, 0.1) is 11.8 Å². The first-order valence-electron chi connectivity index (χ1n) is 50.5. The number of carbonyl (C=O) groups excluding carboxylic acids is 8. The Morgan fingerprint density at radius 1 is 0.603 bits per heavy atom. The summed E-state index contributed by atoms with van der Waals surface area (Å²) in [4.78, 5) is 143. The van der Waals surface area contributed by atoms with Crippen LogP contribution < -0.4 is 57.7 Å². The zero-order chi connectivity index (χ0) is 103. The van der Waals surface area contributed by atoms with Gasteiger partial charge < -0.3 is 133 Å². The summed E-state index contributed by atoms with van der Waals surface area (Å²) in [6, 6.07) is 35.2. The summed E-state index contributed by atoms with van der Waals surface area (Å²) in [6.07, 6.45) is 7.81. The number of ether oxygens (including phenoxy) is 15. The second-order valence-corrected chi connectivity index (χ2v) is 36.4. The van der Waals surface area contributed by atoms with E-state index < -0.39 is 79.0 Å². The van der Waals surface area contributed by atoms with E-state index in [1.165, 1.54) is 12.0 Å². The number of benzene rings is 5. The summed E-state index contributed by atoms with van der Waals surface area (Å²) in [5.74, 6) is 2.55. The van der Waals surface area contributed by atoms with Crippen LogP contribution >= 0.6 is 0 Å². The number of nitrogens with two attached hydrogens (primary N) is 1. The topological polar surface area (TPSA) is 470 Å². The Kier molecular flexibility index (Phi) is 44.6. The molecule has 146 heavy (non-hydrogen) atoms. The number of hydrogen-bond donors (Lipinski definition) is 9. The highest BCUT2D eigenvalue weighted by atomic mass is 16.6. The van der Waals surface area contributed by atoms with Crippen LogP contribution in [0.4, 0.5) is 21.2 Å². The van der Waals surface area contributed by atoms with E-state index in [-0.39, 0.29) is 101 Å². The summed E-state index contributed by atoms with van der Waals surface area (Å²) in [5.41, 5.74) is 13.2. The Hall–Kier alpha value is -12.0. The highest BCUT2D eigenvalue weighted by Gasteiger charge is 2.45. The van der Waals surface area contributed by atoms with Crippen LogP contribution in [0.2, 0.25) is 0 Å². The molecule has 3 aromatic heterocycles. The largest absolute Gasteiger partial charge is 0.495 e. The average molecular weight is 2030 g/mol. The van der Waals surface area contributed by atoms with Crippen molar-refractivity contribution in [2.24, 2.45) is 12.8 Å². The number of nitrogens with one attached hydrogen (secondary N) is 7. The molecule has 40 nitrogen and oxygen atoms in total. The number of likely N-dealkylation sites (tertiary alicyclic amines) is 1. The molecule has 40 heteroatoms. The van der Waals surface area contributed by atoms with Gasteiger partial charge in [0.1, 0.15) is 36.6 Å². The van der Waals surface area contributed by atoms with E-state index in [4.69, 9.17) is 86.8 Å². The van der Waals surface area contributed by atoms with E-state index in [0.29, 0.717) is 191 Å². The smallest absolute Gasteiger partial charge is 0.407 e. The minimum atomic E-state index is -1.64. The van der Waals surface area contributed by atoms with Crippen LogP contribution in [0.1, 0.15) is 118 Å². The number of anilines is 2. The molecule has 790 valence electrons. The van der Waals surface area contributed by atoms with Crippen molar-refractivity contribution < 1.29 is 115 Å². The standard InChI is InChI=1S/C106H141N15O25/c1-105(34-42-118(43-35-105)78-30-39-119(40-31-78)102-114-88-27-24-76(86-71-117(2)101(129)97-84(86)29-38-109-97)68-85(88)98(116-102)106(73-122,146-79-25-26-79)77-16-6-5-7-17-77)112-37-14-15-75-23-28-92(133-4)91(67-75)120-41-32-96(126)121(104(120)131)74-111-95(125)70-110-99(127)90(69-93(107)123)113-100(128)89(115-103(130)145-72-87-82-20-10-8-18-80(82)81-19-9-11-21-83(81)87)22-12-13-36-108-94(124)33-44-134-47-48-136-51-52-138-55-56-140-59-60-142-63-64-144-66-65-143-62-61-141-58-57-139-54-53-137-50-49-135-46-45-132-3/h5-11,16-21,23-24,27-29,38,67-68,71,78-79,87,89-90,109,112,122H,12-13,22,25-26,30-37,39-66,69-70,72-74H2,1-4H3,(H2,107,123)(H,108,124)(H,110,127)(H,111,125)(H,113,128)(H,115,130)/t89-,90-,106-/m0/s1. The molecule has 8 aromatic rings. The number of rotatable bonds is 65. The monoisotopic (exact) mass is 2020 g/mol. The van der Waals surface area contributed by atoms with Crippen LogP contribution in [-0.2, 0) is 108 Å². The van der Waals surface area contributed by atoms with Gasteiger partial charge in [0, 0.05) is 118 Å². The molecule has 1 saturated carbocycles. The maximum Gasteiger partial charge on any atom is 0.407 e. The number of alkyl carbamates (subject to hydrolysis) is 1. The number of aryl methyl sites for hydroxylation is 1. The molecule has 6 heterocycles. The lowest BCUT2D eigenvalue weighted by atomic mass is 9.87. The van der Waals surface area contributed by atoms with Gasteiger partial charge in [-0.2, -0.15) is 0 Å². The van der Waals surface area contributed by atoms with E-state index in [0.717, 1.165) is 119 Å². The Bertz CT molecular complexity index is 5620. The number of aromatic amines is 1. The second kappa shape index (κ2) is 58.5. The van der Waals surface area contributed by atoms with Gasteiger partial charge in [-0.3, -0.25) is 38.5 Å². The molecular weight excluding hydrogens is 1880 g/mol. The van der Waals surface area contributed by atoms with E-state index >= 15 is 0 Å². The van der Waals surface area contributed by atoms with Crippen molar-refractivity contribution in [2.75, 3.05) is 248 Å². The number of aliphatic hydroxyl groups is 1. The number of aliphatic hydroxyl groups excluding tert-OH is 1. The Balaban J connectivity index is 0.506. The van der Waals surface area contributed by atoms with Crippen molar-refractivity contribution >= 4 is 81.0 Å². The fourth-order valence-corrected chi connectivity index (χ4v) is 18.0. The number of fused-ring (bicyclic) bond motifs is 5. The van der Waals surface area contributed by atoms with Crippen molar-refractivity contribution in [2.45, 2.75) is 125 Å². The number of carbonyl (C=O) groups is 8. The summed E-state index contributed by atoms with van der Waals surface area (Å²) in [5, 5.41) is 29.8. The SMILES string of the molecule is COCCOCCOCCOCCOCCOCCOCCOCCOCCOCCOCCOCCC(=O)NCCCC[C@H](NC(=O)OCC1c2ccccc2-c2ccccc21)C(=O)N[C@@H](CC(N)=O)C(=O)NCC(=O)NCN1C(=O)CCN(c2cc(C#CCNC3(C)CCN(C4CCN(c5nc([C@@](CO)(OC6CC6)c6ccccc6)c6cc(-c7cn(C)c(=O)c8[nH]ccc78)ccc6n5)CC4)CC3)ccc2OC)C1=O. The van der Waals surface area contributed by atoms with Crippen molar-refractivity contribution in [1.29, 1.82) is 0 Å². The first-order chi connectivity index (χ1) is 71.2. The minimum absolute atomic E-state index is 0.0124. The highest BCUT2D eigenvalue weighted by molar-refractivity contribution is 6.07. The highest BCUT2D eigenvalue weighted by Crippen LogP contribution is 2.46. The van der Waals surface area contributed by atoms with E-state index in [1.807, 2.05) is 103 Å². The zero-order valence-corrected chi connectivity index (χ0v) is 84.1. The predicted octanol–water partition coefficient (Wildman–Crippen LogP) is 6.49. The lowest BCUT2D eigenvalue weighted by Gasteiger charge is -2.45. The molecule has 0 spiro atoms. The lowest BCUT2D eigenvalue weighted by molar-refractivity contribution is -0.133.